The van der Waals surface area contributed by atoms with E-state index < -0.39 is 0 Å². The third-order valence-corrected chi connectivity index (χ3v) is 3.72. The molecule has 0 atom stereocenters. The standard InChI is InChI=1S/C19H17N3/c1-15-18(12-13-20)22-14-6-11-17(19(22)21-15)10-5-9-16-7-3-2-4-8-16/h2-8,10-11,14H,9,12H2,1H3/b10-5-. The molecule has 0 radical (unpaired) electrons. The fourth-order valence-corrected chi connectivity index (χ4v) is 2.61. The van der Waals surface area contributed by atoms with Gasteiger partial charge in [0.25, 0.3) is 0 Å². The summed E-state index contributed by atoms with van der Waals surface area (Å²) < 4.78 is 2.01. The van der Waals surface area contributed by atoms with Crippen LogP contribution in [0.25, 0.3) is 11.7 Å². The van der Waals surface area contributed by atoms with Crippen molar-refractivity contribution in [2.24, 2.45) is 0 Å². The summed E-state index contributed by atoms with van der Waals surface area (Å²) in [6.07, 6.45) is 7.50. The fraction of sp³-hybridized carbons (Fsp3) is 0.158. The highest BCUT2D eigenvalue weighted by Gasteiger charge is 2.09. The van der Waals surface area contributed by atoms with Crippen LogP contribution in [0.4, 0.5) is 0 Å². The number of nitriles is 1. The summed E-state index contributed by atoms with van der Waals surface area (Å²) in [7, 11) is 0. The molecule has 0 amide bonds. The molecule has 0 bridgehead atoms. The Bertz CT molecular complexity index is 852. The predicted molar refractivity (Wildman–Crippen MR) is 88.4 cm³/mol. The van der Waals surface area contributed by atoms with Crippen LogP contribution in [0.2, 0.25) is 0 Å². The Morgan fingerprint density at radius 3 is 2.77 bits per heavy atom. The van der Waals surface area contributed by atoms with E-state index in [1.54, 1.807) is 0 Å². The summed E-state index contributed by atoms with van der Waals surface area (Å²) in [5.41, 5.74) is 5.16. The van der Waals surface area contributed by atoms with Gasteiger partial charge in [-0.25, -0.2) is 4.98 Å². The van der Waals surface area contributed by atoms with Crippen LogP contribution in [0.3, 0.4) is 0 Å². The summed E-state index contributed by atoms with van der Waals surface area (Å²) in [5.74, 6) is 0. The number of fused-ring (bicyclic) bond motifs is 1. The van der Waals surface area contributed by atoms with E-state index in [4.69, 9.17) is 5.26 Å². The maximum absolute atomic E-state index is 8.95. The van der Waals surface area contributed by atoms with Gasteiger partial charge in [-0.05, 0) is 31.0 Å². The third-order valence-electron chi connectivity index (χ3n) is 3.72. The molecule has 3 aromatic rings. The lowest BCUT2D eigenvalue weighted by molar-refractivity contribution is 1.03. The number of pyridine rings is 1. The Labute approximate surface area is 130 Å². The Kier molecular flexibility index (Phi) is 4.02. The SMILES string of the molecule is Cc1nc2c(/C=C\Cc3ccccc3)cccn2c1CC#N. The van der Waals surface area contributed by atoms with Gasteiger partial charge >= 0.3 is 0 Å². The summed E-state index contributed by atoms with van der Waals surface area (Å²) in [5, 5.41) is 8.95. The first-order chi connectivity index (χ1) is 10.8. The van der Waals surface area contributed by atoms with Crippen LogP contribution >= 0.6 is 0 Å². The molecule has 3 rings (SSSR count). The van der Waals surface area contributed by atoms with E-state index in [1.807, 2.05) is 29.7 Å². The van der Waals surface area contributed by atoms with Crippen molar-refractivity contribution in [1.29, 1.82) is 5.26 Å². The summed E-state index contributed by atoms with van der Waals surface area (Å²) in [6, 6.07) is 16.6. The van der Waals surface area contributed by atoms with E-state index in [0.717, 1.165) is 29.0 Å². The molecule has 0 saturated heterocycles. The van der Waals surface area contributed by atoms with Crippen molar-refractivity contribution in [1.82, 2.24) is 9.38 Å². The molecule has 0 aliphatic heterocycles. The van der Waals surface area contributed by atoms with Crippen molar-refractivity contribution >= 4 is 11.7 Å². The average Bonchev–Trinajstić information content (AvgIpc) is 2.86. The second-order valence-electron chi connectivity index (χ2n) is 5.23. The molecule has 22 heavy (non-hydrogen) atoms. The van der Waals surface area contributed by atoms with Gasteiger partial charge < -0.3 is 4.40 Å². The largest absolute Gasteiger partial charge is 0.302 e. The molecule has 1 aromatic carbocycles. The lowest BCUT2D eigenvalue weighted by Gasteiger charge is -2.01. The molecule has 2 aromatic heterocycles. The lowest BCUT2D eigenvalue weighted by atomic mass is 10.1. The molecule has 0 aliphatic carbocycles. The summed E-state index contributed by atoms with van der Waals surface area (Å²) >= 11 is 0. The van der Waals surface area contributed by atoms with E-state index in [0.29, 0.717) is 6.42 Å². The second-order valence-corrected chi connectivity index (χ2v) is 5.23. The minimum atomic E-state index is 0.379. The van der Waals surface area contributed by atoms with Gasteiger partial charge in [-0.3, -0.25) is 0 Å². The van der Waals surface area contributed by atoms with E-state index >= 15 is 0 Å². The first-order valence-electron chi connectivity index (χ1n) is 7.33. The van der Waals surface area contributed by atoms with Crippen LogP contribution in [-0.4, -0.2) is 9.38 Å². The van der Waals surface area contributed by atoms with Crippen molar-refractivity contribution in [2.75, 3.05) is 0 Å². The number of aryl methyl sites for hydroxylation is 1. The third kappa shape index (κ3) is 2.77. The number of imidazole rings is 1. The molecule has 0 saturated carbocycles. The smallest absolute Gasteiger partial charge is 0.144 e. The minimum absolute atomic E-state index is 0.379. The van der Waals surface area contributed by atoms with Crippen molar-refractivity contribution in [3.05, 3.63) is 77.3 Å². The zero-order valence-corrected chi connectivity index (χ0v) is 12.5. The molecule has 0 unspecified atom stereocenters. The molecule has 0 spiro atoms. The van der Waals surface area contributed by atoms with Crippen LogP contribution in [0.5, 0.6) is 0 Å². The number of hydrogen-bond donors (Lipinski definition) is 0. The number of nitrogens with zero attached hydrogens (tertiary/aromatic N) is 3. The highest BCUT2D eigenvalue weighted by Crippen LogP contribution is 2.17. The molecule has 3 heteroatoms. The van der Waals surface area contributed by atoms with Gasteiger partial charge in [-0.1, -0.05) is 42.5 Å². The molecule has 3 nitrogen and oxygen atoms in total. The number of hydrogen-bond acceptors (Lipinski definition) is 2. The van der Waals surface area contributed by atoms with Crippen LogP contribution in [0.15, 0.2) is 54.7 Å². The monoisotopic (exact) mass is 287 g/mol. The van der Waals surface area contributed by atoms with E-state index in [2.05, 4.69) is 53.5 Å². The highest BCUT2D eigenvalue weighted by molar-refractivity contribution is 5.66. The maximum atomic E-state index is 8.95. The van der Waals surface area contributed by atoms with Gasteiger partial charge in [0.05, 0.1) is 23.9 Å². The van der Waals surface area contributed by atoms with Crippen molar-refractivity contribution in [2.45, 2.75) is 19.8 Å². The number of benzene rings is 1. The quantitative estimate of drug-likeness (QED) is 0.728. The van der Waals surface area contributed by atoms with Crippen LogP contribution < -0.4 is 0 Å². The zero-order valence-electron chi connectivity index (χ0n) is 12.5. The molecule has 0 aliphatic rings. The first kappa shape index (κ1) is 14.1. The summed E-state index contributed by atoms with van der Waals surface area (Å²) in [6.45, 7) is 1.96. The van der Waals surface area contributed by atoms with Gasteiger partial charge in [0.2, 0.25) is 0 Å². The summed E-state index contributed by atoms with van der Waals surface area (Å²) in [4.78, 5) is 4.62. The van der Waals surface area contributed by atoms with E-state index in [1.165, 1.54) is 5.56 Å². The predicted octanol–water partition coefficient (Wildman–Crippen LogP) is 3.96. The Balaban J connectivity index is 1.91. The van der Waals surface area contributed by atoms with Crippen LogP contribution in [0.1, 0.15) is 22.5 Å². The highest BCUT2D eigenvalue weighted by atomic mass is 15.0. The lowest BCUT2D eigenvalue weighted by Crippen LogP contribution is -1.93. The molecular weight excluding hydrogens is 270 g/mol. The van der Waals surface area contributed by atoms with Gasteiger partial charge in [-0.15, -0.1) is 0 Å². The molecular formula is C19H17N3. The van der Waals surface area contributed by atoms with Crippen LogP contribution in [0, 0.1) is 18.3 Å². The van der Waals surface area contributed by atoms with Crippen LogP contribution in [-0.2, 0) is 12.8 Å². The van der Waals surface area contributed by atoms with Gasteiger partial charge in [0, 0.05) is 11.8 Å². The van der Waals surface area contributed by atoms with Crippen molar-refractivity contribution < 1.29 is 0 Å². The maximum Gasteiger partial charge on any atom is 0.144 e. The van der Waals surface area contributed by atoms with Crippen molar-refractivity contribution in [3.8, 4) is 6.07 Å². The topological polar surface area (TPSA) is 41.1 Å². The molecule has 2 heterocycles. The van der Waals surface area contributed by atoms with Gasteiger partial charge in [0.1, 0.15) is 5.65 Å². The van der Waals surface area contributed by atoms with Gasteiger partial charge in [-0.2, -0.15) is 5.26 Å². The number of rotatable bonds is 4. The Morgan fingerprint density at radius 1 is 1.18 bits per heavy atom. The number of aromatic nitrogens is 2. The molecule has 0 fully saturated rings. The minimum Gasteiger partial charge on any atom is -0.302 e. The number of allylic oxidation sites excluding steroid dienone is 1. The normalized spacial score (nSPS) is 11.1. The van der Waals surface area contributed by atoms with E-state index in [-0.39, 0.29) is 0 Å². The van der Waals surface area contributed by atoms with Crippen molar-refractivity contribution in [3.63, 3.8) is 0 Å². The fourth-order valence-electron chi connectivity index (χ4n) is 2.61. The first-order valence-corrected chi connectivity index (χ1v) is 7.33. The Hall–Kier alpha value is -2.86. The Morgan fingerprint density at radius 2 is 2.00 bits per heavy atom. The average molecular weight is 287 g/mol. The second kappa shape index (κ2) is 6.28. The molecule has 0 N–H and O–H groups in total. The van der Waals surface area contributed by atoms with Gasteiger partial charge in [0.15, 0.2) is 0 Å². The van der Waals surface area contributed by atoms with E-state index in [9.17, 15) is 0 Å². The molecule has 108 valence electrons. The zero-order chi connectivity index (χ0) is 15.4.